The fourth-order valence-electron chi connectivity index (χ4n) is 2.54. The van der Waals surface area contributed by atoms with Crippen LogP contribution in [0.2, 0.25) is 0 Å². The summed E-state index contributed by atoms with van der Waals surface area (Å²) < 4.78 is 5.69. The van der Waals surface area contributed by atoms with Gasteiger partial charge in [0.15, 0.2) is 0 Å². The van der Waals surface area contributed by atoms with E-state index >= 15 is 0 Å². The van der Waals surface area contributed by atoms with Crippen LogP contribution in [0.4, 0.5) is 4.79 Å². The Balaban J connectivity index is 1.86. The van der Waals surface area contributed by atoms with Crippen LogP contribution in [0.1, 0.15) is 29.3 Å². The van der Waals surface area contributed by atoms with Gasteiger partial charge in [0.1, 0.15) is 12.4 Å². The number of likely N-dealkylation sites (tertiary alicyclic amines) is 1. The average Bonchev–Trinajstić information content (AvgIpc) is 2.56. The van der Waals surface area contributed by atoms with Crippen LogP contribution in [0, 0.1) is 0 Å². The fraction of sp³-hybridized carbons (Fsp3) is 0.467. The van der Waals surface area contributed by atoms with Crippen molar-refractivity contribution in [3.05, 3.63) is 29.3 Å². The highest BCUT2D eigenvalue weighted by Gasteiger charge is 2.31. The highest BCUT2D eigenvalue weighted by Crippen LogP contribution is 2.27. The number of ether oxygens (including phenoxy) is 1. The van der Waals surface area contributed by atoms with E-state index in [-0.39, 0.29) is 17.6 Å². The van der Waals surface area contributed by atoms with Gasteiger partial charge in [0, 0.05) is 18.7 Å². The molecule has 0 saturated carbocycles. The van der Waals surface area contributed by atoms with Gasteiger partial charge in [-0.05, 0) is 25.5 Å². The molecule has 1 fully saturated rings. The SMILES string of the molecule is C[C@H]1COc2cc(C(=O)O)ccc2CN1C(=O)N1CCC1. The summed E-state index contributed by atoms with van der Waals surface area (Å²) in [6, 6.07) is 4.80. The molecule has 1 atom stereocenters. The summed E-state index contributed by atoms with van der Waals surface area (Å²) in [4.78, 5) is 27.1. The third-order valence-electron chi connectivity index (χ3n) is 4.04. The lowest BCUT2D eigenvalue weighted by Gasteiger charge is -2.37. The van der Waals surface area contributed by atoms with E-state index in [1.807, 2.05) is 11.8 Å². The maximum atomic E-state index is 12.4. The van der Waals surface area contributed by atoms with Crippen molar-refractivity contribution in [2.45, 2.75) is 25.9 Å². The molecule has 0 radical (unpaired) electrons. The number of urea groups is 1. The standard InChI is InChI=1S/C15H18N2O4/c1-10-9-21-13-7-11(14(18)19)3-4-12(13)8-17(10)15(20)16-5-2-6-16/h3-4,7,10H,2,5-6,8-9H2,1H3,(H,18,19)/t10-/m0/s1. The Kier molecular flexibility index (Phi) is 3.45. The van der Waals surface area contributed by atoms with Gasteiger partial charge in [-0.2, -0.15) is 0 Å². The number of aromatic carboxylic acids is 1. The zero-order chi connectivity index (χ0) is 15.0. The molecule has 1 saturated heterocycles. The molecular formula is C15H18N2O4. The molecule has 1 aromatic rings. The molecule has 0 spiro atoms. The van der Waals surface area contributed by atoms with Crippen molar-refractivity contribution < 1.29 is 19.4 Å². The predicted molar refractivity (Wildman–Crippen MR) is 75.5 cm³/mol. The van der Waals surface area contributed by atoms with Crippen LogP contribution in [-0.4, -0.2) is 52.6 Å². The lowest BCUT2D eigenvalue weighted by Crippen LogP contribution is -2.52. The van der Waals surface area contributed by atoms with Gasteiger partial charge in [0.25, 0.3) is 0 Å². The van der Waals surface area contributed by atoms with E-state index in [2.05, 4.69) is 0 Å². The van der Waals surface area contributed by atoms with Gasteiger partial charge in [-0.1, -0.05) is 6.07 Å². The summed E-state index contributed by atoms with van der Waals surface area (Å²) in [5.74, 6) is -0.423. The van der Waals surface area contributed by atoms with Gasteiger partial charge in [0.05, 0.1) is 18.2 Å². The van der Waals surface area contributed by atoms with Crippen LogP contribution in [0.5, 0.6) is 5.75 Å². The Morgan fingerprint density at radius 3 is 2.71 bits per heavy atom. The Labute approximate surface area is 122 Å². The number of hydrogen-bond acceptors (Lipinski definition) is 3. The molecule has 0 bridgehead atoms. The number of fused-ring (bicyclic) bond motifs is 1. The van der Waals surface area contributed by atoms with Crippen molar-refractivity contribution in [1.82, 2.24) is 9.80 Å². The quantitative estimate of drug-likeness (QED) is 0.856. The molecule has 3 rings (SSSR count). The van der Waals surface area contributed by atoms with Gasteiger partial charge in [-0.15, -0.1) is 0 Å². The second-order valence-corrected chi connectivity index (χ2v) is 5.54. The molecule has 112 valence electrons. The minimum atomic E-state index is -0.979. The third kappa shape index (κ3) is 2.53. The monoisotopic (exact) mass is 290 g/mol. The highest BCUT2D eigenvalue weighted by molar-refractivity contribution is 5.88. The van der Waals surface area contributed by atoms with E-state index in [0.717, 1.165) is 25.1 Å². The molecule has 2 amide bonds. The van der Waals surface area contributed by atoms with Gasteiger partial charge in [-0.3, -0.25) is 0 Å². The average molecular weight is 290 g/mol. The number of rotatable bonds is 1. The van der Waals surface area contributed by atoms with Gasteiger partial charge in [0.2, 0.25) is 0 Å². The number of carbonyl (C=O) groups excluding carboxylic acids is 1. The van der Waals surface area contributed by atoms with Crippen molar-refractivity contribution in [3.8, 4) is 5.75 Å². The molecule has 2 aliphatic heterocycles. The number of carboxylic acid groups (broad SMARTS) is 1. The number of carboxylic acids is 1. The molecule has 6 heteroatoms. The lowest BCUT2D eigenvalue weighted by molar-refractivity contribution is 0.0696. The van der Waals surface area contributed by atoms with Crippen LogP contribution >= 0.6 is 0 Å². The zero-order valence-corrected chi connectivity index (χ0v) is 11.9. The predicted octanol–water partition coefficient (Wildman–Crippen LogP) is 1.79. The maximum absolute atomic E-state index is 12.4. The molecule has 1 aromatic carbocycles. The first-order valence-electron chi connectivity index (χ1n) is 7.11. The molecular weight excluding hydrogens is 272 g/mol. The number of amides is 2. The van der Waals surface area contributed by atoms with E-state index in [9.17, 15) is 9.59 Å². The van der Waals surface area contributed by atoms with E-state index < -0.39 is 5.97 Å². The summed E-state index contributed by atoms with van der Waals surface area (Å²) in [7, 11) is 0. The van der Waals surface area contributed by atoms with Crippen molar-refractivity contribution in [2.24, 2.45) is 0 Å². The molecule has 6 nitrogen and oxygen atoms in total. The topological polar surface area (TPSA) is 70.1 Å². The van der Waals surface area contributed by atoms with Gasteiger partial charge in [-0.25, -0.2) is 9.59 Å². The van der Waals surface area contributed by atoms with Crippen LogP contribution in [0.25, 0.3) is 0 Å². The fourth-order valence-corrected chi connectivity index (χ4v) is 2.54. The molecule has 0 aliphatic carbocycles. The second kappa shape index (κ2) is 5.27. The molecule has 2 heterocycles. The van der Waals surface area contributed by atoms with Crippen LogP contribution in [0.15, 0.2) is 18.2 Å². The Hall–Kier alpha value is -2.24. The summed E-state index contributed by atoms with van der Waals surface area (Å²) in [5, 5.41) is 9.03. The molecule has 2 aliphatic rings. The second-order valence-electron chi connectivity index (χ2n) is 5.54. The largest absolute Gasteiger partial charge is 0.491 e. The van der Waals surface area contributed by atoms with Crippen molar-refractivity contribution in [1.29, 1.82) is 0 Å². The third-order valence-corrected chi connectivity index (χ3v) is 4.04. The number of benzene rings is 1. The van der Waals surface area contributed by atoms with E-state index in [1.54, 1.807) is 17.0 Å². The first-order chi connectivity index (χ1) is 10.1. The van der Waals surface area contributed by atoms with Gasteiger partial charge >= 0.3 is 12.0 Å². The number of nitrogens with zero attached hydrogens (tertiary/aromatic N) is 2. The molecule has 0 aromatic heterocycles. The Morgan fingerprint density at radius 2 is 2.10 bits per heavy atom. The van der Waals surface area contributed by atoms with E-state index in [1.165, 1.54) is 6.07 Å². The van der Waals surface area contributed by atoms with Crippen molar-refractivity contribution in [3.63, 3.8) is 0 Å². The first kappa shape index (κ1) is 13.7. The summed E-state index contributed by atoms with van der Waals surface area (Å²) in [6.45, 7) is 4.39. The number of hydrogen-bond donors (Lipinski definition) is 1. The van der Waals surface area contributed by atoms with Crippen molar-refractivity contribution in [2.75, 3.05) is 19.7 Å². The smallest absolute Gasteiger partial charge is 0.335 e. The van der Waals surface area contributed by atoms with Crippen LogP contribution in [-0.2, 0) is 6.54 Å². The highest BCUT2D eigenvalue weighted by atomic mass is 16.5. The van der Waals surface area contributed by atoms with Crippen molar-refractivity contribution >= 4 is 12.0 Å². The molecule has 0 unspecified atom stereocenters. The maximum Gasteiger partial charge on any atom is 0.335 e. The minimum absolute atomic E-state index is 0.0347. The minimum Gasteiger partial charge on any atom is -0.491 e. The molecule has 1 N–H and O–H groups in total. The summed E-state index contributed by atoms with van der Waals surface area (Å²) >= 11 is 0. The van der Waals surface area contributed by atoms with Crippen LogP contribution < -0.4 is 4.74 Å². The summed E-state index contributed by atoms with van der Waals surface area (Å²) in [6.07, 6.45) is 1.06. The first-order valence-corrected chi connectivity index (χ1v) is 7.11. The number of carbonyl (C=O) groups is 2. The van der Waals surface area contributed by atoms with E-state index in [4.69, 9.17) is 9.84 Å². The summed E-state index contributed by atoms with van der Waals surface area (Å²) in [5.41, 5.74) is 1.04. The van der Waals surface area contributed by atoms with Crippen LogP contribution in [0.3, 0.4) is 0 Å². The lowest BCUT2D eigenvalue weighted by atomic mass is 10.1. The molecule has 21 heavy (non-hydrogen) atoms. The Morgan fingerprint density at radius 1 is 1.33 bits per heavy atom. The van der Waals surface area contributed by atoms with Gasteiger partial charge < -0.3 is 19.6 Å². The Bertz CT molecular complexity index is 583. The normalized spacial score (nSPS) is 20.9. The van der Waals surface area contributed by atoms with E-state index in [0.29, 0.717) is 18.9 Å². The zero-order valence-electron chi connectivity index (χ0n) is 11.9.